The largest absolute Gasteiger partial charge is 0.466 e. The van der Waals surface area contributed by atoms with Crippen molar-refractivity contribution in [1.29, 1.82) is 0 Å². The van der Waals surface area contributed by atoms with Crippen molar-refractivity contribution in [2.75, 3.05) is 6.54 Å². The van der Waals surface area contributed by atoms with E-state index < -0.39 is 0 Å². The molecule has 1 saturated carbocycles. The number of carbonyl (C=O) groups excluding carboxylic acids is 1. The van der Waals surface area contributed by atoms with Crippen LogP contribution in [0.2, 0.25) is 0 Å². The summed E-state index contributed by atoms with van der Waals surface area (Å²) in [4.78, 5) is 11.8. The van der Waals surface area contributed by atoms with Crippen molar-refractivity contribution in [2.45, 2.75) is 32.1 Å². The third kappa shape index (κ3) is 4.50. The molecular weight excluding hydrogens is 286 g/mol. The normalized spacial score (nSPS) is 18.8. The van der Waals surface area contributed by atoms with Crippen molar-refractivity contribution >= 4 is 5.91 Å². The summed E-state index contributed by atoms with van der Waals surface area (Å²) in [6, 6.07) is 13.8. The first-order chi connectivity index (χ1) is 11.2. The number of amides is 1. The average molecular weight is 307 g/mol. The van der Waals surface area contributed by atoms with E-state index in [9.17, 15) is 4.79 Å². The number of aryl methyl sites for hydroxylation is 1. The van der Waals surface area contributed by atoms with Crippen LogP contribution >= 0.6 is 0 Å². The topological polar surface area (TPSA) is 42.2 Å². The molecule has 3 rings (SSSR count). The van der Waals surface area contributed by atoms with Crippen LogP contribution in [-0.4, -0.2) is 12.5 Å². The maximum Gasteiger partial charge on any atom is 0.221 e. The second-order valence-corrected chi connectivity index (χ2v) is 6.07. The Hall–Kier alpha value is -2.47. The molecule has 3 heteroatoms. The molecule has 0 radical (unpaired) electrons. The highest BCUT2D eigenvalue weighted by Gasteiger charge is 2.36. The molecule has 2 aromatic rings. The Bertz CT molecular complexity index is 721. The quantitative estimate of drug-likeness (QED) is 0.859. The van der Waals surface area contributed by atoms with Crippen LogP contribution < -0.4 is 5.32 Å². The van der Waals surface area contributed by atoms with Gasteiger partial charge in [0.1, 0.15) is 11.5 Å². The number of hydrogen-bond donors (Lipinski definition) is 1. The van der Waals surface area contributed by atoms with Gasteiger partial charge < -0.3 is 9.73 Å². The molecule has 2 atom stereocenters. The number of hydrogen-bond acceptors (Lipinski definition) is 2. The van der Waals surface area contributed by atoms with Gasteiger partial charge in [0.15, 0.2) is 0 Å². The maximum absolute atomic E-state index is 11.8. The lowest BCUT2D eigenvalue weighted by Crippen LogP contribution is -2.23. The number of nitrogens with one attached hydrogen (secondary N) is 1. The van der Waals surface area contributed by atoms with Gasteiger partial charge in [0.25, 0.3) is 0 Å². The van der Waals surface area contributed by atoms with Gasteiger partial charge in [-0.15, -0.1) is 0 Å². The number of furan rings is 1. The van der Waals surface area contributed by atoms with E-state index in [1.807, 2.05) is 42.5 Å². The van der Waals surface area contributed by atoms with Crippen molar-refractivity contribution in [1.82, 2.24) is 5.32 Å². The van der Waals surface area contributed by atoms with Crippen LogP contribution in [-0.2, 0) is 11.2 Å². The molecule has 1 aliphatic rings. The molecule has 1 amide bonds. The molecule has 118 valence electrons. The number of rotatable bonds is 5. The lowest BCUT2D eigenvalue weighted by atomic mass is 10.2. The highest BCUT2D eigenvalue weighted by Crippen LogP contribution is 2.47. The summed E-state index contributed by atoms with van der Waals surface area (Å²) < 4.78 is 5.80. The Labute approximate surface area is 137 Å². The van der Waals surface area contributed by atoms with Crippen LogP contribution in [0.5, 0.6) is 0 Å². The van der Waals surface area contributed by atoms with Crippen molar-refractivity contribution in [3.05, 3.63) is 59.5 Å². The zero-order chi connectivity index (χ0) is 16.1. The summed E-state index contributed by atoms with van der Waals surface area (Å²) in [6.07, 6.45) is 2.28. The molecule has 0 spiro atoms. The first-order valence-corrected chi connectivity index (χ1v) is 8.11. The lowest BCUT2D eigenvalue weighted by molar-refractivity contribution is -0.120. The third-order valence-corrected chi connectivity index (χ3v) is 4.14. The molecule has 0 saturated heterocycles. The van der Waals surface area contributed by atoms with Gasteiger partial charge >= 0.3 is 0 Å². The predicted octanol–water partition coefficient (Wildman–Crippen LogP) is 3.50. The zero-order valence-corrected chi connectivity index (χ0v) is 13.3. The Morgan fingerprint density at radius 1 is 1.26 bits per heavy atom. The molecule has 1 heterocycles. The van der Waals surface area contributed by atoms with Gasteiger partial charge in [-0.25, -0.2) is 0 Å². The van der Waals surface area contributed by atoms with E-state index in [0.29, 0.717) is 25.3 Å². The standard InChI is InChI=1S/C20H21NO2/c1-15-14-18(15)19-11-9-17(23-19)10-12-20(22)21-13-5-8-16-6-3-2-4-7-16/h2-4,6-7,9,11,15,18H,10,12-14H2,1H3,(H,21,22). The van der Waals surface area contributed by atoms with Gasteiger partial charge in [-0.3, -0.25) is 4.79 Å². The van der Waals surface area contributed by atoms with Gasteiger partial charge in [-0.2, -0.15) is 0 Å². The highest BCUT2D eigenvalue weighted by molar-refractivity contribution is 5.76. The minimum Gasteiger partial charge on any atom is -0.466 e. The summed E-state index contributed by atoms with van der Waals surface area (Å²) in [6.45, 7) is 2.60. The van der Waals surface area contributed by atoms with Crippen LogP contribution in [0.25, 0.3) is 0 Å². The fourth-order valence-corrected chi connectivity index (χ4v) is 2.58. The van der Waals surface area contributed by atoms with Crippen LogP contribution in [0, 0.1) is 17.8 Å². The summed E-state index contributed by atoms with van der Waals surface area (Å²) in [5.74, 6) is 9.27. The van der Waals surface area contributed by atoms with E-state index in [2.05, 4.69) is 24.1 Å². The van der Waals surface area contributed by atoms with E-state index in [0.717, 1.165) is 23.0 Å². The van der Waals surface area contributed by atoms with Crippen molar-refractivity contribution in [2.24, 2.45) is 5.92 Å². The molecule has 0 bridgehead atoms. The van der Waals surface area contributed by atoms with E-state index >= 15 is 0 Å². The SMILES string of the molecule is CC1CC1c1ccc(CCC(=O)NCC#Cc2ccccc2)o1. The van der Waals surface area contributed by atoms with Gasteiger partial charge in [0.2, 0.25) is 5.91 Å². The van der Waals surface area contributed by atoms with Gasteiger partial charge in [-0.1, -0.05) is 37.0 Å². The molecule has 1 N–H and O–H groups in total. The van der Waals surface area contributed by atoms with Crippen LogP contribution in [0.15, 0.2) is 46.9 Å². The fourth-order valence-electron chi connectivity index (χ4n) is 2.58. The monoisotopic (exact) mass is 307 g/mol. The average Bonchev–Trinajstić information content (AvgIpc) is 3.11. The van der Waals surface area contributed by atoms with Crippen LogP contribution in [0.1, 0.15) is 42.8 Å². The molecule has 0 aliphatic heterocycles. The summed E-state index contributed by atoms with van der Waals surface area (Å²) >= 11 is 0. The minimum atomic E-state index is 0.00472. The fraction of sp³-hybridized carbons (Fsp3) is 0.350. The summed E-state index contributed by atoms with van der Waals surface area (Å²) in [7, 11) is 0. The molecule has 1 fully saturated rings. The van der Waals surface area contributed by atoms with Gasteiger partial charge in [0, 0.05) is 24.3 Å². The van der Waals surface area contributed by atoms with Gasteiger partial charge in [-0.05, 0) is 36.6 Å². The van der Waals surface area contributed by atoms with Crippen molar-refractivity contribution < 1.29 is 9.21 Å². The molecule has 23 heavy (non-hydrogen) atoms. The zero-order valence-electron chi connectivity index (χ0n) is 13.3. The Morgan fingerprint density at radius 3 is 2.78 bits per heavy atom. The Kier molecular flexibility index (Phi) is 4.83. The van der Waals surface area contributed by atoms with E-state index in [-0.39, 0.29) is 5.91 Å². The molecule has 1 aliphatic carbocycles. The van der Waals surface area contributed by atoms with Crippen molar-refractivity contribution in [3.8, 4) is 11.8 Å². The van der Waals surface area contributed by atoms with Crippen LogP contribution in [0.4, 0.5) is 0 Å². The second kappa shape index (κ2) is 7.19. The van der Waals surface area contributed by atoms with E-state index in [4.69, 9.17) is 4.42 Å². The lowest BCUT2D eigenvalue weighted by Gasteiger charge is -2.00. The molecule has 3 nitrogen and oxygen atoms in total. The number of benzene rings is 1. The molecule has 1 aromatic heterocycles. The number of carbonyl (C=O) groups is 1. The smallest absolute Gasteiger partial charge is 0.221 e. The maximum atomic E-state index is 11.8. The van der Waals surface area contributed by atoms with Gasteiger partial charge in [0.05, 0.1) is 6.54 Å². The Morgan fingerprint density at radius 2 is 2.04 bits per heavy atom. The van der Waals surface area contributed by atoms with E-state index in [1.165, 1.54) is 6.42 Å². The Balaban J connectivity index is 1.38. The molecule has 1 aromatic carbocycles. The van der Waals surface area contributed by atoms with Crippen LogP contribution in [0.3, 0.4) is 0 Å². The third-order valence-electron chi connectivity index (χ3n) is 4.14. The first-order valence-electron chi connectivity index (χ1n) is 8.11. The predicted molar refractivity (Wildman–Crippen MR) is 89.9 cm³/mol. The minimum absolute atomic E-state index is 0.00472. The first kappa shape index (κ1) is 15.4. The second-order valence-electron chi connectivity index (χ2n) is 6.07. The van der Waals surface area contributed by atoms with Crippen molar-refractivity contribution in [3.63, 3.8) is 0 Å². The summed E-state index contributed by atoms with van der Waals surface area (Å²) in [5, 5.41) is 2.82. The molecular formula is C20H21NO2. The summed E-state index contributed by atoms with van der Waals surface area (Å²) in [5.41, 5.74) is 0.958. The highest BCUT2D eigenvalue weighted by atomic mass is 16.3. The van der Waals surface area contributed by atoms with E-state index in [1.54, 1.807) is 0 Å². The molecule has 2 unspecified atom stereocenters.